The van der Waals surface area contributed by atoms with E-state index in [1.807, 2.05) is 11.8 Å². The van der Waals surface area contributed by atoms with Crippen LogP contribution in [0.25, 0.3) is 0 Å². The van der Waals surface area contributed by atoms with Crippen LogP contribution >= 0.6 is 0 Å². The van der Waals surface area contributed by atoms with Crippen molar-refractivity contribution in [3.63, 3.8) is 0 Å². The fourth-order valence-electron chi connectivity index (χ4n) is 3.25. The number of benzene rings is 2. The number of nitrogens with one attached hydrogen (secondary N) is 1. The molecule has 1 amide bonds. The Balaban J connectivity index is 1.88. The highest BCUT2D eigenvalue weighted by atomic mass is 16.6. The lowest BCUT2D eigenvalue weighted by atomic mass is 10.1. The maximum Gasteiger partial charge on any atom is 0.293 e. The highest BCUT2D eigenvalue weighted by molar-refractivity contribution is 6.06. The largest absolute Gasteiger partial charge is 0.497 e. The lowest BCUT2D eigenvalue weighted by Gasteiger charge is -2.18. The summed E-state index contributed by atoms with van der Waals surface area (Å²) < 4.78 is 10.7. The summed E-state index contributed by atoms with van der Waals surface area (Å²) in [7, 11) is 1.53. The van der Waals surface area contributed by atoms with Crippen molar-refractivity contribution in [3.8, 4) is 11.5 Å². The number of amides is 1. The van der Waals surface area contributed by atoms with Gasteiger partial charge in [0.1, 0.15) is 17.2 Å². The number of nitro groups is 1. The van der Waals surface area contributed by atoms with Crippen LogP contribution in [0.3, 0.4) is 0 Å². The minimum atomic E-state index is -0.453. The molecule has 8 nitrogen and oxygen atoms in total. The molecule has 0 atom stereocenters. The zero-order valence-electron chi connectivity index (χ0n) is 15.9. The number of ether oxygens (including phenoxy) is 2. The molecule has 2 aromatic carbocycles. The first-order valence-electron chi connectivity index (χ1n) is 9.19. The molecule has 1 aliphatic heterocycles. The lowest BCUT2D eigenvalue weighted by Crippen LogP contribution is -2.20. The van der Waals surface area contributed by atoms with Crippen molar-refractivity contribution >= 4 is 23.0 Å². The average molecular weight is 385 g/mol. The normalized spacial score (nSPS) is 13.3. The smallest absolute Gasteiger partial charge is 0.293 e. The molecule has 1 fully saturated rings. The number of carbonyl (C=O) groups excluding carboxylic acids is 1. The highest BCUT2D eigenvalue weighted by Gasteiger charge is 2.24. The van der Waals surface area contributed by atoms with Crippen LogP contribution < -0.4 is 19.7 Å². The molecule has 1 saturated heterocycles. The second-order valence-corrected chi connectivity index (χ2v) is 6.40. The summed E-state index contributed by atoms with van der Waals surface area (Å²) in [6, 6.07) is 9.66. The summed E-state index contributed by atoms with van der Waals surface area (Å²) >= 11 is 0. The molecule has 3 rings (SSSR count). The van der Waals surface area contributed by atoms with Gasteiger partial charge < -0.3 is 19.7 Å². The molecule has 1 heterocycles. The van der Waals surface area contributed by atoms with E-state index in [0.717, 1.165) is 25.9 Å². The highest BCUT2D eigenvalue weighted by Crippen LogP contribution is 2.33. The summed E-state index contributed by atoms with van der Waals surface area (Å²) in [5.74, 6) is 0.610. The molecule has 1 aliphatic rings. The number of carbonyl (C=O) groups is 1. The molecule has 0 unspecified atom stereocenters. The van der Waals surface area contributed by atoms with Crippen molar-refractivity contribution < 1.29 is 19.2 Å². The van der Waals surface area contributed by atoms with Crippen molar-refractivity contribution in [1.29, 1.82) is 0 Å². The molecular weight excluding hydrogens is 362 g/mol. The molecule has 0 spiro atoms. The fourth-order valence-corrected chi connectivity index (χ4v) is 3.25. The summed E-state index contributed by atoms with van der Waals surface area (Å²) in [5.41, 5.74) is 1.14. The van der Waals surface area contributed by atoms with E-state index in [2.05, 4.69) is 5.32 Å². The van der Waals surface area contributed by atoms with Gasteiger partial charge in [0, 0.05) is 30.8 Å². The van der Waals surface area contributed by atoms with E-state index >= 15 is 0 Å². The van der Waals surface area contributed by atoms with Gasteiger partial charge in [0.25, 0.3) is 11.6 Å². The molecular formula is C20H23N3O5. The minimum Gasteiger partial charge on any atom is -0.497 e. The van der Waals surface area contributed by atoms with Crippen LogP contribution in [0.5, 0.6) is 11.5 Å². The van der Waals surface area contributed by atoms with Gasteiger partial charge >= 0.3 is 0 Å². The molecule has 0 saturated carbocycles. The van der Waals surface area contributed by atoms with E-state index in [9.17, 15) is 14.9 Å². The molecule has 0 bridgehead atoms. The second-order valence-electron chi connectivity index (χ2n) is 6.40. The number of hydrogen-bond acceptors (Lipinski definition) is 6. The Hall–Kier alpha value is -3.29. The lowest BCUT2D eigenvalue weighted by molar-refractivity contribution is -0.384. The Labute approximate surface area is 163 Å². The third-order valence-electron chi connectivity index (χ3n) is 4.62. The molecule has 0 aromatic heterocycles. The molecule has 1 N–H and O–H groups in total. The maximum atomic E-state index is 12.7. The zero-order valence-corrected chi connectivity index (χ0v) is 15.9. The van der Waals surface area contributed by atoms with Crippen LogP contribution in [0, 0.1) is 10.1 Å². The van der Waals surface area contributed by atoms with Crippen LogP contribution in [0.1, 0.15) is 30.1 Å². The number of hydrogen-bond donors (Lipinski definition) is 1. The van der Waals surface area contributed by atoms with Crippen LogP contribution in [0.2, 0.25) is 0 Å². The number of rotatable bonds is 7. The number of methoxy groups -OCH3 is 1. The first kappa shape index (κ1) is 19.5. The van der Waals surface area contributed by atoms with Crippen molar-refractivity contribution in [2.75, 3.05) is 37.0 Å². The van der Waals surface area contributed by atoms with E-state index < -0.39 is 10.8 Å². The Bertz CT molecular complexity index is 878. The van der Waals surface area contributed by atoms with E-state index in [0.29, 0.717) is 29.5 Å². The summed E-state index contributed by atoms with van der Waals surface area (Å²) in [6.07, 6.45) is 2.02. The van der Waals surface area contributed by atoms with Crippen molar-refractivity contribution in [1.82, 2.24) is 0 Å². The number of anilines is 2. The molecule has 148 valence electrons. The number of nitro benzene ring substituents is 1. The van der Waals surface area contributed by atoms with Gasteiger partial charge in [0.05, 0.1) is 24.3 Å². The monoisotopic (exact) mass is 385 g/mol. The first-order chi connectivity index (χ1) is 13.5. The van der Waals surface area contributed by atoms with E-state index in [1.165, 1.54) is 13.2 Å². The minimum absolute atomic E-state index is 0.0646. The van der Waals surface area contributed by atoms with Crippen molar-refractivity contribution in [2.45, 2.75) is 19.8 Å². The predicted octanol–water partition coefficient (Wildman–Crippen LogP) is 3.85. The standard InChI is InChI=1S/C20H23N3O5/c1-3-28-19-9-7-15(27-2)13-16(19)21-20(24)14-6-8-17(18(12-14)23(25)26)22-10-4-5-11-22/h6-9,12-13H,3-5,10-11H2,1-2H3,(H,21,24). The quantitative estimate of drug-likeness (QED) is 0.575. The average Bonchev–Trinajstić information content (AvgIpc) is 3.23. The third-order valence-corrected chi connectivity index (χ3v) is 4.62. The van der Waals surface area contributed by atoms with Gasteiger partial charge in [0.15, 0.2) is 0 Å². The topological polar surface area (TPSA) is 93.9 Å². The van der Waals surface area contributed by atoms with Crippen LogP contribution in [-0.4, -0.2) is 37.6 Å². The predicted molar refractivity (Wildman–Crippen MR) is 107 cm³/mol. The van der Waals surface area contributed by atoms with E-state index in [-0.39, 0.29) is 11.3 Å². The van der Waals surface area contributed by atoms with Gasteiger partial charge in [-0.05, 0) is 44.0 Å². The second kappa shape index (κ2) is 8.60. The van der Waals surface area contributed by atoms with Crippen LogP contribution in [0.15, 0.2) is 36.4 Å². The van der Waals surface area contributed by atoms with Crippen LogP contribution in [-0.2, 0) is 0 Å². The van der Waals surface area contributed by atoms with Gasteiger partial charge in [-0.15, -0.1) is 0 Å². The Morgan fingerprint density at radius 2 is 1.96 bits per heavy atom. The van der Waals surface area contributed by atoms with Crippen molar-refractivity contribution in [3.05, 3.63) is 52.1 Å². The van der Waals surface area contributed by atoms with Crippen LogP contribution in [0.4, 0.5) is 17.1 Å². The molecule has 8 heteroatoms. The summed E-state index contributed by atoms with van der Waals surface area (Å²) in [5, 5.41) is 14.3. The van der Waals surface area contributed by atoms with Gasteiger partial charge in [-0.2, -0.15) is 0 Å². The van der Waals surface area contributed by atoms with E-state index in [1.54, 1.807) is 30.3 Å². The van der Waals surface area contributed by atoms with Gasteiger partial charge in [-0.25, -0.2) is 0 Å². The Kier molecular flexibility index (Phi) is 5.98. The Morgan fingerprint density at radius 3 is 2.61 bits per heavy atom. The fraction of sp³-hybridized carbons (Fsp3) is 0.350. The zero-order chi connectivity index (χ0) is 20.1. The Morgan fingerprint density at radius 1 is 1.21 bits per heavy atom. The van der Waals surface area contributed by atoms with E-state index in [4.69, 9.17) is 9.47 Å². The summed E-state index contributed by atoms with van der Waals surface area (Å²) in [6.45, 7) is 3.85. The number of nitrogens with zero attached hydrogens (tertiary/aromatic N) is 2. The third kappa shape index (κ3) is 4.16. The maximum absolute atomic E-state index is 12.7. The SMILES string of the molecule is CCOc1ccc(OC)cc1NC(=O)c1ccc(N2CCCC2)c([N+](=O)[O-])c1. The van der Waals surface area contributed by atoms with Crippen molar-refractivity contribution in [2.24, 2.45) is 0 Å². The van der Waals surface area contributed by atoms with Gasteiger partial charge in [-0.3, -0.25) is 14.9 Å². The molecule has 2 aromatic rings. The molecule has 28 heavy (non-hydrogen) atoms. The summed E-state index contributed by atoms with van der Waals surface area (Å²) in [4.78, 5) is 25.8. The molecule has 0 radical (unpaired) electrons. The first-order valence-corrected chi connectivity index (χ1v) is 9.19. The van der Waals surface area contributed by atoms with Gasteiger partial charge in [0.2, 0.25) is 0 Å². The van der Waals surface area contributed by atoms with Gasteiger partial charge in [-0.1, -0.05) is 0 Å². The molecule has 0 aliphatic carbocycles.